The third-order valence-corrected chi connectivity index (χ3v) is 3.20. The Hall–Kier alpha value is 0.177. The van der Waals surface area contributed by atoms with E-state index in [1.54, 1.807) is 0 Å². The SMILES string of the molecule is C[Si]CCCN1CCCCC1. The molecule has 0 saturated carbocycles. The molecule has 1 saturated heterocycles. The second-order valence-corrected chi connectivity index (χ2v) is 4.57. The standard InChI is InChI=1S/C9H19NSi/c1-11-9-5-8-10-6-3-2-4-7-10/h2-9H2,1H3. The summed E-state index contributed by atoms with van der Waals surface area (Å²) in [7, 11) is 1.15. The van der Waals surface area contributed by atoms with Crippen LogP contribution in [0.1, 0.15) is 25.7 Å². The molecule has 1 aliphatic heterocycles. The molecule has 0 bridgehead atoms. The van der Waals surface area contributed by atoms with Gasteiger partial charge in [-0.15, -0.1) is 0 Å². The first-order valence-electron chi connectivity index (χ1n) is 4.80. The Balaban J connectivity index is 1.96. The van der Waals surface area contributed by atoms with Gasteiger partial charge in [0.15, 0.2) is 0 Å². The summed E-state index contributed by atoms with van der Waals surface area (Å²) < 4.78 is 0. The summed E-state index contributed by atoms with van der Waals surface area (Å²) >= 11 is 0. The third kappa shape index (κ3) is 3.92. The van der Waals surface area contributed by atoms with Gasteiger partial charge in [-0.1, -0.05) is 19.0 Å². The fourth-order valence-corrected chi connectivity index (χ4v) is 2.17. The minimum atomic E-state index is 1.15. The van der Waals surface area contributed by atoms with E-state index in [9.17, 15) is 0 Å². The van der Waals surface area contributed by atoms with Gasteiger partial charge in [0.05, 0.1) is 0 Å². The Morgan fingerprint density at radius 1 is 1.18 bits per heavy atom. The maximum absolute atomic E-state index is 2.63. The van der Waals surface area contributed by atoms with Crippen molar-refractivity contribution >= 4 is 9.52 Å². The van der Waals surface area contributed by atoms with Crippen LogP contribution in [0.15, 0.2) is 0 Å². The summed E-state index contributed by atoms with van der Waals surface area (Å²) in [6, 6.07) is 1.44. The molecule has 1 heterocycles. The van der Waals surface area contributed by atoms with Gasteiger partial charge in [0, 0.05) is 9.52 Å². The molecule has 1 fully saturated rings. The minimum Gasteiger partial charge on any atom is -0.303 e. The van der Waals surface area contributed by atoms with Crippen LogP contribution in [0, 0.1) is 0 Å². The summed E-state index contributed by atoms with van der Waals surface area (Å²) in [4.78, 5) is 2.63. The van der Waals surface area contributed by atoms with E-state index >= 15 is 0 Å². The number of piperidine rings is 1. The van der Waals surface area contributed by atoms with Gasteiger partial charge in [0.25, 0.3) is 0 Å². The van der Waals surface area contributed by atoms with Gasteiger partial charge >= 0.3 is 0 Å². The molecule has 0 atom stereocenters. The topological polar surface area (TPSA) is 3.24 Å². The molecule has 0 aromatic heterocycles. The van der Waals surface area contributed by atoms with Crippen molar-refractivity contribution < 1.29 is 0 Å². The second kappa shape index (κ2) is 5.78. The lowest BCUT2D eigenvalue weighted by Crippen LogP contribution is -2.30. The Bertz CT molecular complexity index is 89.6. The van der Waals surface area contributed by atoms with E-state index < -0.39 is 0 Å². The van der Waals surface area contributed by atoms with Gasteiger partial charge < -0.3 is 4.90 Å². The third-order valence-electron chi connectivity index (χ3n) is 2.35. The van der Waals surface area contributed by atoms with Crippen molar-refractivity contribution in [3.63, 3.8) is 0 Å². The summed E-state index contributed by atoms with van der Waals surface area (Å²) in [6.45, 7) is 6.40. The molecule has 2 radical (unpaired) electrons. The molecule has 0 unspecified atom stereocenters. The smallest absolute Gasteiger partial charge is 0.0343 e. The van der Waals surface area contributed by atoms with Crippen molar-refractivity contribution in [2.24, 2.45) is 0 Å². The average Bonchev–Trinajstić information content (AvgIpc) is 2.07. The Kier molecular flexibility index (Phi) is 4.87. The van der Waals surface area contributed by atoms with Gasteiger partial charge in [-0.3, -0.25) is 0 Å². The summed E-state index contributed by atoms with van der Waals surface area (Å²) in [5.74, 6) is 0. The van der Waals surface area contributed by atoms with E-state index in [0.717, 1.165) is 9.52 Å². The number of likely N-dealkylation sites (tertiary alicyclic amines) is 1. The molecule has 1 nitrogen and oxygen atoms in total. The quantitative estimate of drug-likeness (QED) is 0.460. The first kappa shape index (κ1) is 9.27. The number of hydrogen-bond donors (Lipinski definition) is 0. The van der Waals surface area contributed by atoms with Crippen LogP contribution in [0.25, 0.3) is 0 Å². The molecule has 1 aliphatic rings. The fourth-order valence-electron chi connectivity index (χ4n) is 1.66. The van der Waals surface area contributed by atoms with Crippen molar-refractivity contribution in [2.45, 2.75) is 38.3 Å². The highest BCUT2D eigenvalue weighted by atomic mass is 28.2. The highest BCUT2D eigenvalue weighted by Gasteiger charge is 2.08. The number of hydrogen-bond acceptors (Lipinski definition) is 1. The lowest BCUT2D eigenvalue weighted by molar-refractivity contribution is 0.229. The van der Waals surface area contributed by atoms with Gasteiger partial charge in [-0.25, -0.2) is 0 Å². The molecule has 0 spiro atoms. The molecule has 0 aromatic rings. The van der Waals surface area contributed by atoms with Crippen molar-refractivity contribution in [2.75, 3.05) is 19.6 Å². The van der Waals surface area contributed by atoms with Crippen LogP contribution in [0.2, 0.25) is 12.6 Å². The van der Waals surface area contributed by atoms with Gasteiger partial charge in [0.2, 0.25) is 0 Å². The van der Waals surface area contributed by atoms with Gasteiger partial charge in [0.1, 0.15) is 0 Å². The Morgan fingerprint density at radius 2 is 1.91 bits per heavy atom. The highest BCUT2D eigenvalue weighted by Crippen LogP contribution is 2.09. The zero-order chi connectivity index (χ0) is 7.94. The van der Waals surface area contributed by atoms with Crippen LogP contribution in [-0.2, 0) is 0 Å². The lowest BCUT2D eigenvalue weighted by atomic mass is 10.1. The predicted octanol–water partition coefficient (Wildman–Crippen LogP) is 2.03. The number of nitrogens with zero attached hydrogens (tertiary/aromatic N) is 1. The van der Waals surface area contributed by atoms with Crippen LogP contribution in [0.4, 0.5) is 0 Å². The van der Waals surface area contributed by atoms with Crippen molar-refractivity contribution in [1.82, 2.24) is 4.90 Å². The van der Waals surface area contributed by atoms with Crippen LogP contribution in [0.3, 0.4) is 0 Å². The first-order valence-corrected chi connectivity index (χ1v) is 6.51. The molecule has 0 aliphatic carbocycles. The average molecular weight is 169 g/mol. The zero-order valence-corrected chi connectivity index (χ0v) is 8.60. The minimum absolute atomic E-state index is 1.15. The Labute approximate surface area is 73.0 Å². The van der Waals surface area contributed by atoms with E-state index in [0.29, 0.717) is 0 Å². The van der Waals surface area contributed by atoms with Crippen molar-refractivity contribution in [1.29, 1.82) is 0 Å². The van der Waals surface area contributed by atoms with Crippen LogP contribution >= 0.6 is 0 Å². The zero-order valence-electron chi connectivity index (χ0n) is 7.60. The fraction of sp³-hybridized carbons (Fsp3) is 1.00. The lowest BCUT2D eigenvalue weighted by Gasteiger charge is -2.26. The maximum atomic E-state index is 2.63. The molecule has 0 aromatic carbocycles. The van der Waals surface area contributed by atoms with Crippen LogP contribution in [0.5, 0.6) is 0 Å². The monoisotopic (exact) mass is 169 g/mol. The van der Waals surface area contributed by atoms with E-state index in [2.05, 4.69) is 11.4 Å². The van der Waals surface area contributed by atoms with Crippen molar-refractivity contribution in [3.05, 3.63) is 0 Å². The molecular formula is C9H19NSi. The normalized spacial score (nSPS) is 20.5. The molecule has 0 N–H and O–H groups in total. The van der Waals surface area contributed by atoms with Gasteiger partial charge in [-0.2, -0.15) is 0 Å². The second-order valence-electron chi connectivity index (χ2n) is 3.36. The Morgan fingerprint density at radius 3 is 2.55 bits per heavy atom. The van der Waals surface area contributed by atoms with Crippen LogP contribution in [-0.4, -0.2) is 34.1 Å². The van der Waals surface area contributed by atoms with Gasteiger partial charge in [-0.05, 0) is 38.9 Å². The summed E-state index contributed by atoms with van der Waals surface area (Å²) in [6.07, 6.45) is 5.77. The van der Waals surface area contributed by atoms with E-state index in [-0.39, 0.29) is 0 Å². The van der Waals surface area contributed by atoms with Crippen molar-refractivity contribution in [3.8, 4) is 0 Å². The highest BCUT2D eigenvalue weighted by molar-refractivity contribution is 6.33. The largest absolute Gasteiger partial charge is 0.303 e. The van der Waals surface area contributed by atoms with Crippen LogP contribution < -0.4 is 0 Å². The summed E-state index contributed by atoms with van der Waals surface area (Å²) in [5, 5.41) is 0. The molecule has 0 amide bonds. The van der Waals surface area contributed by atoms with E-state index in [1.807, 2.05) is 0 Å². The number of rotatable bonds is 4. The summed E-state index contributed by atoms with van der Waals surface area (Å²) in [5.41, 5.74) is 0. The maximum Gasteiger partial charge on any atom is 0.0343 e. The first-order chi connectivity index (χ1) is 5.43. The molecule has 2 heteroatoms. The molecule has 64 valence electrons. The predicted molar refractivity (Wildman–Crippen MR) is 51.3 cm³/mol. The molecular weight excluding hydrogens is 150 g/mol. The van der Waals surface area contributed by atoms with E-state index in [1.165, 1.54) is 51.4 Å². The molecule has 11 heavy (non-hydrogen) atoms. The van der Waals surface area contributed by atoms with E-state index in [4.69, 9.17) is 0 Å². The molecule has 1 rings (SSSR count).